The zero-order valence-corrected chi connectivity index (χ0v) is 13.0. The Bertz CT molecular complexity index is 416. The third kappa shape index (κ3) is 5.21. The lowest BCUT2D eigenvalue weighted by Gasteiger charge is -2.16. The Hall–Kier alpha value is -1.26. The van der Waals surface area contributed by atoms with Crippen LogP contribution in [0.3, 0.4) is 0 Å². The van der Waals surface area contributed by atoms with E-state index in [-0.39, 0.29) is 6.61 Å². The molecule has 1 aromatic rings. The first-order valence-corrected chi connectivity index (χ1v) is 8.05. The van der Waals surface area contributed by atoms with Crippen LogP contribution >= 0.6 is 0 Å². The Labute approximate surface area is 127 Å². The van der Waals surface area contributed by atoms with Crippen molar-refractivity contribution >= 4 is 0 Å². The number of rotatable bonds is 9. The molecule has 0 atom stereocenters. The molecular formula is C17H27NO3. The maximum Gasteiger partial charge on any atom is 0.128 e. The molecule has 1 aliphatic rings. The van der Waals surface area contributed by atoms with E-state index in [9.17, 15) is 5.11 Å². The molecule has 0 bridgehead atoms. The summed E-state index contributed by atoms with van der Waals surface area (Å²) in [6.07, 6.45) is 4.65. The number of aliphatic hydroxyl groups excluding tert-OH is 1. The number of hydrogen-bond donors (Lipinski definition) is 1. The number of nitrogens with zero attached hydrogens (tertiary/aromatic N) is 1. The van der Waals surface area contributed by atoms with Crippen LogP contribution in [-0.4, -0.2) is 42.9 Å². The number of likely N-dealkylation sites (tertiary alicyclic amines) is 1. The number of benzene rings is 1. The normalized spacial score (nSPS) is 15.3. The molecule has 1 fully saturated rings. The van der Waals surface area contributed by atoms with E-state index in [2.05, 4.69) is 11.8 Å². The molecular weight excluding hydrogens is 266 g/mol. The van der Waals surface area contributed by atoms with Crippen molar-refractivity contribution in [2.45, 2.75) is 39.2 Å². The molecule has 118 valence electrons. The van der Waals surface area contributed by atoms with E-state index in [1.165, 1.54) is 25.9 Å². The van der Waals surface area contributed by atoms with E-state index in [4.69, 9.17) is 9.47 Å². The molecule has 0 radical (unpaired) electrons. The molecule has 1 heterocycles. The number of aliphatic hydroxyl groups is 1. The summed E-state index contributed by atoms with van der Waals surface area (Å²) >= 11 is 0. The second kappa shape index (κ2) is 8.90. The van der Waals surface area contributed by atoms with Crippen LogP contribution in [0.2, 0.25) is 0 Å². The van der Waals surface area contributed by atoms with E-state index >= 15 is 0 Å². The van der Waals surface area contributed by atoms with Crippen LogP contribution in [0.1, 0.15) is 38.2 Å². The highest BCUT2D eigenvalue weighted by Crippen LogP contribution is 2.25. The van der Waals surface area contributed by atoms with Gasteiger partial charge < -0.3 is 19.5 Å². The molecule has 1 saturated heterocycles. The molecule has 0 aliphatic carbocycles. The van der Waals surface area contributed by atoms with Crippen molar-refractivity contribution in [1.29, 1.82) is 0 Å². The summed E-state index contributed by atoms with van der Waals surface area (Å²) in [7, 11) is 0. The molecule has 21 heavy (non-hydrogen) atoms. The van der Waals surface area contributed by atoms with Gasteiger partial charge >= 0.3 is 0 Å². The van der Waals surface area contributed by atoms with Crippen LogP contribution < -0.4 is 9.47 Å². The van der Waals surface area contributed by atoms with Crippen molar-refractivity contribution in [2.24, 2.45) is 0 Å². The van der Waals surface area contributed by atoms with E-state index < -0.39 is 0 Å². The van der Waals surface area contributed by atoms with E-state index in [0.29, 0.717) is 13.2 Å². The van der Waals surface area contributed by atoms with E-state index in [1.54, 1.807) is 0 Å². The molecule has 1 aromatic carbocycles. The van der Waals surface area contributed by atoms with Gasteiger partial charge in [0.25, 0.3) is 0 Å². The van der Waals surface area contributed by atoms with Gasteiger partial charge in [0.15, 0.2) is 0 Å². The molecule has 4 nitrogen and oxygen atoms in total. The predicted octanol–water partition coefficient (Wildman–Crippen LogP) is 2.83. The predicted molar refractivity (Wildman–Crippen MR) is 83.9 cm³/mol. The van der Waals surface area contributed by atoms with E-state index in [1.807, 2.05) is 18.2 Å². The van der Waals surface area contributed by atoms with Gasteiger partial charge in [0.05, 0.1) is 19.8 Å². The summed E-state index contributed by atoms with van der Waals surface area (Å²) in [5.74, 6) is 1.55. The fourth-order valence-electron chi connectivity index (χ4n) is 2.59. The van der Waals surface area contributed by atoms with Crippen molar-refractivity contribution in [3.8, 4) is 11.5 Å². The molecule has 0 saturated carbocycles. The van der Waals surface area contributed by atoms with Crippen molar-refractivity contribution in [3.63, 3.8) is 0 Å². The summed E-state index contributed by atoms with van der Waals surface area (Å²) < 4.78 is 11.5. The number of hydrogen-bond acceptors (Lipinski definition) is 4. The van der Waals surface area contributed by atoms with Crippen LogP contribution in [0, 0.1) is 0 Å². The second-order valence-electron chi connectivity index (χ2n) is 5.53. The van der Waals surface area contributed by atoms with Crippen molar-refractivity contribution in [2.75, 3.05) is 32.8 Å². The molecule has 0 unspecified atom stereocenters. The SMILES string of the molecule is CCCOc1ccc(CO)c(OCCCN2CCCC2)c1. The zero-order chi connectivity index (χ0) is 14.9. The minimum Gasteiger partial charge on any atom is -0.493 e. The quantitative estimate of drug-likeness (QED) is 0.711. The Kier molecular flexibility index (Phi) is 6.83. The molecule has 2 rings (SSSR count). The monoisotopic (exact) mass is 293 g/mol. The first-order valence-electron chi connectivity index (χ1n) is 8.05. The third-order valence-electron chi connectivity index (χ3n) is 3.76. The smallest absolute Gasteiger partial charge is 0.128 e. The molecule has 1 N–H and O–H groups in total. The first-order chi connectivity index (χ1) is 10.3. The first kappa shape index (κ1) is 16.1. The topological polar surface area (TPSA) is 41.9 Å². The summed E-state index contributed by atoms with van der Waals surface area (Å²) in [5.41, 5.74) is 0.819. The van der Waals surface area contributed by atoms with Gasteiger partial charge in [0.1, 0.15) is 11.5 Å². The maximum absolute atomic E-state index is 9.39. The summed E-state index contributed by atoms with van der Waals surface area (Å²) in [5, 5.41) is 9.39. The third-order valence-corrected chi connectivity index (χ3v) is 3.76. The molecule has 4 heteroatoms. The highest BCUT2D eigenvalue weighted by molar-refractivity contribution is 5.40. The Balaban J connectivity index is 1.81. The van der Waals surface area contributed by atoms with Crippen LogP contribution in [-0.2, 0) is 6.61 Å². The highest BCUT2D eigenvalue weighted by atomic mass is 16.5. The van der Waals surface area contributed by atoms with Gasteiger partial charge in [-0.15, -0.1) is 0 Å². The Morgan fingerprint density at radius 1 is 1.14 bits per heavy atom. The minimum atomic E-state index is -0.00445. The Morgan fingerprint density at radius 3 is 2.67 bits per heavy atom. The summed E-state index contributed by atoms with van der Waals surface area (Å²) in [4.78, 5) is 2.48. The lowest BCUT2D eigenvalue weighted by Crippen LogP contribution is -2.22. The largest absolute Gasteiger partial charge is 0.493 e. The molecule has 1 aliphatic heterocycles. The fourth-order valence-corrected chi connectivity index (χ4v) is 2.59. The van der Waals surface area contributed by atoms with Gasteiger partial charge in [0.2, 0.25) is 0 Å². The van der Waals surface area contributed by atoms with Crippen molar-refractivity contribution in [1.82, 2.24) is 4.90 Å². The van der Waals surface area contributed by atoms with Gasteiger partial charge in [-0.2, -0.15) is 0 Å². The molecule has 0 aromatic heterocycles. The minimum absolute atomic E-state index is 0.00445. The summed E-state index contributed by atoms with van der Waals surface area (Å²) in [6, 6.07) is 5.65. The maximum atomic E-state index is 9.39. The van der Waals surface area contributed by atoms with Crippen molar-refractivity contribution < 1.29 is 14.6 Å². The number of ether oxygens (including phenoxy) is 2. The van der Waals surface area contributed by atoms with E-state index in [0.717, 1.165) is 36.4 Å². The molecule has 0 amide bonds. The fraction of sp³-hybridized carbons (Fsp3) is 0.647. The zero-order valence-electron chi connectivity index (χ0n) is 13.0. The average Bonchev–Trinajstić information content (AvgIpc) is 3.03. The van der Waals surface area contributed by atoms with Crippen LogP contribution in [0.15, 0.2) is 18.2 Å². The van der Waals surface area contributed by atoms with Crippen LogP contribution in [0.4, 0.5) is 0 Å². The standard InChI is InChI=1S/C17H27NO3/c1-2-11-20-16-7-6-15(14-19)17(13-16)21-12-5-10-18-8-3-4-9-18/h6-7,13,19H,2-5,8-12,14H2,1H3. The van der Waals surface area contributed by atoms with Crippen LogP contribution in [0.5, 0.6) is 11.5 Å². The Morgan fingerprint density at radius 2 is 1.95 bits per heavy atom. The van der Waals surface area contributed by atoms with Gasteiger partial charge in [0, 0.05) is 18.2 Å². The lowest BCUT2D eigenvalue weighted by atomic mass is 10.2. The van der Waals surface area contributed by atoms with Gasteiger partial charge in [-0.05, 0) is 50.9 Å². The average molecular weight is 293 g/mol. The molecule has 0 spiro atoms. The van der Waals surface area contributed by atoms with Gasteiger partial charge in [-0.3, -0.25) is 0 Å². The lowest BCUT2D eigenvalue weighted by molar-refractivity contribution is 0.244. The van der Waals surface area contributed by atoms with Crippen molar-refractivity contribution in [3.05, 3.63) is 23.8 Å². The van der Waals surface area contributed by atoms with Gasteiger partial charge in [-0.1, -0.05) is 6.92 Å². The van der Waals surface area contributed by atoms with Gasteiger partial charge in [-0.25, -0.2) is 0 Å². The summed E-state index contributed by atoms with van der Waals surface area (Å²) in [6.45, 7) is 7.01. The van der Waals surface area contributed by atoms with Crippen LogP contribution in [0.25, 0.3) is 0 Å². The highest BCUT2D eigenvalue weighted by Gasteiger charge is 2.11. The second-order valence-corrected chi connectivity index (χ2v) is 5.53.